The molecule has 0 aromatic heterocycles. The molecule has 4 nitrogen and oxygen atoms in total. The fraction of sp³-hybridized carbons (Fsp3) is 0.444. The fourth-order valence-electron chi connectivity index (χ4n) is 2.61. The third-order valence-electron chi connectivity index (χ3n) is 3.79. The fourth-order valence-corrected chi connectivity index (χ4v) is 2.99. The molecule has 122 valence electrons. The van der Waals surface area contributed by atoms with Gasteiger partial charge < -0.3 is 10.1 Å². The van der Waals surface area contributed by atoms with Gasteiger partial charge in [-0.3, -0.25) is 4.79 Å². The lowest BCUT2D eigenvalue weighted by Gasteiger charge is -2.12. The molecular weight excluding hydrogens is 356 g/mol. The van der Waals surface area contributed by atoms with Gasteiger partial charge >= 0.3 is 0 Å². The Morgan fingerprint density at radius 2 is 2.22 bits per heavy atom. The molecule has 2 rings (SSSR count). The van der Waals surface area contributed by atoms with Crippen LogP contribution in [0.4, 0.5) is 0 Å². The lowest BCUT2D eigenvalue weighted by molar-refractivity contribution is -0.117. The van der Waals surface area contributed by atoms with Crippen molar-refractivity contribution in [2.45, 2.75) is 45.1 Å². The van der Waals surface area contributed by atoms with Crippen molar-refractivity contribution in [2.75, 3.05) is 6.61 Å². The average molecular weight is 377 g/mol. The van der Waals surface area contributed by atoms with Crippen molar-refractivity contribution < 1.29 is 9.53 Å². The Balaban J connectivity index is 2.20. The molecule has 1 aliphatic carbocycles. The van der Waals surface area contributed by atoms with Crippen molar-refractivity contribution >= 4 is 27.9 Å². The Hall–Kier alpha value is -1.80. The van der Waals surface area contributed by atoms with E-state index >= 15 is 0 Å². The van der Waals surface area contributed by atoms with Gasteiger partial charge in [-0.15, -0.1) is 0 Å². The highest BCUT2D eigenvalue weighted by atomic mass is 79.9. The number of hydrogen-bond donors (Lipinski definition) is 1. The van der Waals surface area contributed by atoms with E-state index in [-0.39, 0.29) is 17.5 Å². The molecule has 1 amide bonds. The number of nitrogens with one attached hydrogen (secondary N) is 1. The lowest BCUT2D eigenvalue weighted by atomic mass is 10.1. The first-order chi connectivity index (χ1) is 11.1. The summed E-state index contributed by atoms with van der Waals surface area (Å²) in [5.74, 6) is 0.372. The van der Waals surface area contributed by atoms with Crippen LogP contribution < -0.4 is 10.1 Å². The molecule has 0 unspecified atom stereocenters. The highest BCUT2D eigenvalue weighted by Crippen LogP contribution is 2.26. The second-order valence-electron chi connectivity index (χ2n) is 5.66. The Kier molecular flexibility index (Phi) is 6.66. The number of carbonyl (C=O) groups is 1. The summed E-state index contributed by atoms with van der Waals surface area (Å²) in [6, 6.07) is 7.77. The molecule has 1 saturated carbocycles. The van der Waals surface area contributed by atoms with Crippen LogP contribution in [0.3, 0.4) is 0 Å². The summed E-state index contributed by atoms with van der Waals surface area (Å²) >= 11 is 3.42. The van der Waals surface area contributed by atoms with E-state index < -0.39 is 0 Å². The predicted molar refractivity (Wildman–Crippen MR) is 93.9 cm³/mol. The molecule has 5 heteroatoms. The molecule has 1 aliphatic rings. The smallest absolute Gasteiger partial charge is 0.262 e. The van der Waals surface area contributed by atoms with Gasteiger partial charge in [0.1, 0.15) is 17.4 Å². The molecule has 0 bridgehead atoms. The van der Waals surface area contributed by atoms with E-state index in [1.165, 1.54) is 0 Å². The van der Waals surface area contributed by atoms with Crippen LogP contribution in [0.15, 0.2) is 28.2 Å². The number of carbonyl (C=O) groups excluding carboxylic acids is 1. The second-order valence-corrected chi connectivity index (χ2v) is 6.57. The van der Waals surface area contributed by atoms with Crippen molar-refractivity contribution in [3.8, 4) is 11.8 Å². The Labute approximate surface area is 145 Å². The first-order valence-electron chi connectivity index (χ1n) is 7.99. The maximum absolute atomic E-state index is 12.3. The summed E-state index contributed by atoms with van der Waals surface area (Å²) < 4.78 is 6.57. The molecule has 1 N–H and O–H groups in total. The minimum Gasteiger partial charge on any atom is -0.493 e. The largest absolute Gasteiger partial charge is 0.493 e. The normalized spacial score (nSPS) is 15.3. The van der Waals surface area contributed by atoms with Crippen LogP contribution in [0.5, 0.6) is 5.75 Å². The molecule has 0 aliphatic heterocycles. The third kappa shape index (κ3) is 5.11. The lowest BCUT2D eigenvalue weighted by Crippen LogP contribution is -2.33. The van der Waals surface area contributed by atoms with Crippen LogP contribution in [-0.2, 0) is 4.79 Å². The summed E-state index contributed by atoms with van der Waals surface area (Å²) in [6.45, 7) is 2.63. The van der Waals surface area contributed by atoms with Crippen molar-refractivity contribution in [3.05, 3.63) is 33.8 Å². The number of hydrogen-bond acceptors (Lipinski definition) is 3. The SMILES string of the molecule is CCCOc1ccc(Br)cc1/C=C(/C#N)C(=O)NC1CCCC1. The summed E-state index contributed by atoms with van der Waals surface area (Å²) in [5.41, 5.74) is 0.835. The summed E-state index contributed by atoms with van der Waals surface area (Å²) in [5, 5.41) is 12.3. The zero-order valence-electron chi connectivity index (χ0n) is 13.3. The molecule has 0 atom stereocenters. The highest BCUT2D eigenvalue weighted by Gasteiger charge is 2.19. The monoisotopic (exact) mass is 376 g/mol. The van der Waals surface area contributed by atoms with E-state index in [1.807, 2.05) is 31.2 Å². The van der Waals surface area contributed by atoms with E-state index in [9.17, 15) is 10.1 Å². The van der Waals surface area contributed by atoms with Gasteiger partial charge in [-0.05, 0) is 43.5 Å². The van der Waals surface area contributed by atoms with Crippen molar-refractivity contribution in [1.82, 2.24) is 5.32 Å². The number of ether oxygens (including phenoxy) is 1. The number of rotatable bonds is 6. The maximum Gasteiger partial charge on any atom is 0.262 e. The molecule has 1 fully saturated rings. The molecule has 23 heavy (non-hydrogen) atoms. The molecule has 0 heterocycles. The molecule has 1 aromatic rings. The Morgan fingerprint density at radius 1 is 1.48 bits per heavy atom. The van der Waals surface area contributed by atoms with Gasteiger partial charge in [-0.1, -0.05) is 35.7 Å². The van der Waals surface area contributed by atoms with Gasteiger partial charge in [0.2, 0.25) is 0 Å². The van der Waals surface area contributed by atoms with Crippen molar-refractivity contribution in [2.24, 2.45) is 0 Å². The van der Waals surface area contributed by atoms with E-state index in [1.54, 1.807) is 6.08 Å². The van der Waals surface area contributed by atoms with Gasteiger partial charge in [0.25, 0.3) is 5.91 Å². The predicted octanol–water partition coefficient (Wildman–Crippen LogP) is 4.20. The summed E-state index contributed by atoms with van der Waals surface area (Å²) in [6.07, 6.45) is 6.75. The molecule has 0 saturated heterocycles. The van der Waals surface area contributed by atoms with Gasteiger partial charge in [0.15, 0.2) is 0 Å². The number of nitriles is 1. The summed E-state index contributed by atoms with van der Waals surface area (Å²) in [4.78, 5) is 12.3. The molecular formula is C18H21BrN2O2. The standard InChI is InChI=1S/C18H21BrN2O2/c1-2-9-23-17-8-7-15(19)11-13(17)10-14(12-20)18(22)21-16-5-3-4-6-16/h7-8,10-11,16H,2-6,9H2,1H3,(H,21,22)/b14-10-. The number of benzene rings is 1. The summed E-state index contributed by atoms with van der Waals surface area (Å²) in [7, 11) is 0. The first kappa shape index (κ1) is 17.6. The van der Waals surface area contributed by atoms with Crippen LogP contribution >= 0.6 is 15.9 Å². The second kappa shape index (κ2) is 8.73. The van der Waals surface area contributed by atoms with E-state index in [0.29, 0.717) is 12.4 Å². The minimum atomic E-state index is -0.305. The zero-order valence-corrected chi connectivity index (χ0v) is 14.9. The number of nitrogens with zero attached hydrogens (tertiary/aromatic N) is 1. The van der Waals surface area contributed by atoms with Gasteiger partial charge in [0, 0.05) is 16.1 Å². The number of amides is 1. The topological polar surface area (TPSA) is 62.1 Å². The van der Waals surface area contributed by atoms with Gasteiger partial charge in [-0.25, -0.2) is 0 Å². The third-order valence-corrected chi connectivity index (χ3v) is 4.28. The quantitative estimate of drug-likeness (QED) is 0.597. The Morgan fingerprint density at radius 3 is 2.87 bits per heavy atom. The van der Waals surface area contributed by atoms with Crippen LogP contribution in [0.25, 0.3) is 6.08 Å². The maximum atomic E-state index is 12.3. The average Bonchev–Trinajstić information content (AvgIpc) is 3.04. The van der Waals surface area contributed by atoms with Gasteiger partial charge in [0.05, 0.1) is 6.61 Å². The Bertz CT molecular complexity index is 628. The van der Waals surface area contributed by atoms with Crippen LogP contribution in [0, 0.1) is 11.3 Å². The molecule has 1 aromatic carbocycles. The highest BCUT2D eigenvalue weighted by molar-refractivity contribution is 9.10. The van der Waals surface area contributed by atoms with Crippen LogP contribution in [0.1, 0.15) is 44.6 Å². The van der Waals surface area contributed by atoms with E-state index in [0.717, 1.165) is 42.1 Å². The van der Waals surface area contributed by atoms with Crippen LogP contribution in [0.2, 0.25) is 0 Å². The molecule has 0 spiro atoms. The van der Waals surface area contributed by atoms with E-state index in [4.69, 9.17) is 4.74 Å². The van der Waals surface area contributed by atoms with Crippen molar-refractivity contribution in [3.63, 3.8) is 0 Å². The zero-order chi connectivity index (χ0) is 16.7. The van der Waals surface area contributed by atoms with Crippen molar-refractivity contribution in [1.29, 1.82) is 5.26 Å². The van der Waals surface area contributed by atoms with Gasteiger partial charge in [-0.2, -0.15) is 5.26 Å². The minimum absolute atomic E-state index is 0.108. The first-order valence-corrected chi connectivity index (χ1v) is 8.78. The molecule has 0 radical (unpaired) electrons. The van der Waals surface area contributed by atoms with Crippen LogP contribution in [-0.4, -0.2) is 18.6 Å². The number of halogens is 1. The van der Waals surface area contributed by atoms with E-state index in [2.05, 4.69) is 21.2 Å².